The summed E-state index contributed by atoms with van der Waals surface area (Å²) in [7, 11) is 0. The van der Waals surface area contributed by atoms with Crippen LogP contribution in [-0.2, 0) is 6.42 Å². The Hall–Kier alpha value is -0.340. The number of aryl methyl sites for hydroxylation is 1. The molecule has 0 spiro atoms. The van der Waals surface area contributed by atoms with Gasteiger partial charge in [-0.1, -0.05) is 43.4 Å². The van der Waals surface area contributed by atoms with Crippen LogP contribution in [0.2, 0.25) is 0 Å². The zero-order chi connectivity index (χ0) is 8.27. The minimum atomic E-state index is 0.660. The molecule has 0 unspecified atom stereocenters. The van der Waals surface area contributed by atoms with Crippen LogP contribution in [0.1, 0.15) is 18.1 Å². The first kappa shape index (κ1) is 8.75. The van der Waals surface area contributed by atoms with Crippen molar-refractivity contribution in [3.63, 3.8) is 0 Å². The molecule has 2 heteroatoms. The largest absolute Gasteiger partial charge is 0.131 e. The van der Waals surface area contributed by atoms with Crippen molar-refractivity contribution in [1.82, 2.24) is 0 Å². The fourth-order valence-corrected chi connectivity index (χ4v) is 1.17. The fourth-order valence-electron chi connectivity index (χ4n) is 0.883. The predicted molar refractivity (Wildman–Crippen MR) is 56.5 cm³/mol. The second-order valence-corrected chi connectivity index (χ2v) is 3.51. The van der Waals surface area contributed by atoms with E-state index in [0.717, 1.165) is 12.0 Å². The summed E-state index contributed by atoms with van der Waals surface area (Å²) < 4.78 is 0.660. The lowest BCUT2D eigenvalue weighted by atomic mass is 10.1. The highest BCUT2D eigenvalue weighted by molar-refractivity contribution is 8.11. The van der Waals surface area contributed by atoms with Crippen LogP contribution in [0.4, 0.5) is 0 Å². The molecule has 0 amide bonds. The minimum absolute atomic E-state index is 0.660. The summed E-state index contributed by atoms with van der Waals surface area (Å²) in [4.78, 5) is 0. The molecule has 0 fully saturated rings. The monoisotopic (exact) mass is 182 g/mol. The third-order valence-electron chi connectivity index (χ3n) is 1.61. The van der Waals surface area contributed by atoms with Crippen molar-refractivity contribution in [1.29, 1.82) is 0 Å². The molecule has 0 atom stereocenters. The Morgan fingerprint density at radius 3 is 2.27 bits per heavy atom. The van der Waals surface area contributed by atoms with E-state index >= 15 is 0 Å². The Kier molecular flexibility index (Phi) is 3.09. The average Bonchev–Trinajstić information content (AvgIpc) is 2.05. The second kappa shape index (κ2) is 3.88. The SMILES string of the molecule is CCc1ccc(C(=S)S)cc1. The minimum Gasteiger partial charge on any atom is -0.131 e. The normalized spacial score (nSPS) is 9.64. The van der Waals surface area contributed by atoms with Gasteiger partial charge in [-0.3, -0.25) is 0 Å². The topological polar surface area (TPSA) is 0 Å². The Labute approximate surface area is 78.0 Å². The number of thiol groups is 1. The smallest absolute Gasteiger partial charge is 0.0747 e. The van der Waals surface area contributed by atoms with E-state index in [1.54, 1.807) is 0 Å². The van der Waals surface area contributed by atoms with Gasteiger partial charge in [0.25, 0.3) is 0 Å². The maximum absolute atomic E-state index is 4.91. The van der Waals surface area contributed by atoms with E-state index in [2.05, 4.69) is 31.7 Å². The van der Waals surface area contributed by atoms with Gasteiger partial charge in [0.1, 0.15) is 0 Å². The molecule has 0 nitrogen and oxygen atoms in total. The third kappa shape index (κ3) is 2.31. The van der Waals surface area contributed by atoms with Crippen molar-refractivity contribution in [3.05, 3.63) is 35.4 Å². The van der Waals surface area contributed by atoms with Gasteiger partial charge in [-0.05, 0) is 17.5 Å². The van der Waals surface area contributed by atoms with Crippen LogP contribution in [0.3, 0.4) is 0 Å². The quantitative estimate of drug-likeness (QED) is 0.542. The summed E-state index contributed by atoms with van der Waals surface area (Å²) >= 11 is 8.99. The standard InChI is InChI=1S/C9H10S2/c1-2-7-3-5-8(6-4-7)9(10)11/h3-6H,2H2,1H3,(H,10,11). The van der Waals surface area contributed by atoms with E-state index in [-0.39, 0.29) is 0 Å². The van der Waals surface area contributed by atoms with Gasteiger partial charge in [-0.15, -0.1) is 12.6 Å². The molecule has 1 rings (SSSR count). The lowest BCUT2D eigenvalue weighted by molar-refractivity contribution is 1.14. The summed E-state index contributed by atoms with van der Waals surface area (Å²) in [5.74, 6) is 0. The van der Waals surface area contributed by atoms with E-state index in [9.17, 15) is 0 Å². The molecule has 0 aliphatic heterocycles. The zero-order valence-corrected chi connectivity index (χ0v) is 8.08. The van der Waals surface area contributed by atoms with Gasteiger partial charge in [0.05, 0.1) is 4.20 Å². The first-order chi connectivity index (χ1) is 5.24. The molecule has 0 heterocycles. The molecule has 0 aromatic heterocycles. The molecule has 0 N–H and O–H groups in total. The van der Waals surface area contributed by atoms with Gasteiger partial charge in [-0.2, -0.15) is 0 Å². The molecule has 0 radical (unpaired) electrons. The van der Waals surface area contributed by atoms with Gasteiger partial charge in [0.15, 0.2) is 0 Å². The van der Waals surface area contributed by atoms with Crippen LogP contribution < -0.4 is 0 Å². The molecule has 11 heavy (non-hydrogen) atoms. The van der Waals surface area contributed by atoms with Gasteiger partial charge >= 0.3 is 0 Å². The third-order valence-corrected chi connectivity index (χ3v) is 2.10. The van der Waals surface area contributed by atoms with Crippen molar-refractivity contribution < 1.29 is 0 Å². The Morgan fingerprint density at radius 2 is 1.91 bits per heavy atom. The number of thiocarbonyl (C=S) groups is 1. The van der Waals surface area contributed by atoms with E-state index in [4.69, 9.17) is 12.2 Å². The van der Waals surface area contributed by atoms with Crippen molar-refractivity contribution >= 4 is 29.0 Å². The first-order valence-corrected chi connectivity index (χ1v) is 4.42. The van der Waals surface area contributed by atoms with Crippen LogP contribution >= 0.6 is 24.8 Å². The van der Waals surface area contributed by atoms with E-state index < -0.39 is 0 Å². The van der Waals surface area contributed by atoms with Crippen molar-refractivity contribution in [2.24, 2.45) is 0 Å². The molecule has 0 aliphatic carbocycles. The van der Waals surface area contributed by atoms with Crippen LogP contribution in [0.25, 0.3) is 0 Å². The van der Waals surface area contributed by atoms with Crippen LogP contribution in [0.5, 0.6) is 0 Å². The van der Waals surface area contributed by atoms with Gasteiger partial charge in [0, 0.05) is 0 Å². The number of hydrogen-bond donors (Lipinski definition) is 1. The maximum Gasteiger partial charge on any atom is 0.0747 e. The van der Waals surface area contributed by atoms with E-state index in [1.165, 1.54) is 5.56 Å². The summed E-state index contributed by atoms with van der Waals surface area (Å²) in [5, 5.41) is 0. The summed E-state index contributed by atoms with van der Waals surface area (Å²) in [6.07, 6.45) is 1.07. The van der Waals surface area contributed by atoms with Crippen molar-refractivity contribution in [2.75, 3.05) is 0 Å². The van der Waals surface area contributed by atoms with Gasteiger partial charge in [0.2, 0.25) is 0 Å². The van der Waals surface area contributed by atoms with Crippen LogP contribution in [0.15, 0.2) is 24.3 Å². The highest BCUT2D eigenvalue weighted by atomic mass is 32.1. The Bertz CT molecular complexity index is 249. The molecule has 0 saturated carbocycles. The zero-order valence-electron chi connectivity index (χ0n) is 6.37. The Balaban J connectivity index is 2.91. The van der Waals surface area contributed by atoms with Crippen LogP contribution in [0, 0.1) is 0 Å². The number of benzene rings is 1. The number of rotatable bonds is 2. The van der Waals surface area contributed by atoms with E-state index in [1.807, 2.05) is 12.1 Å². The lowest BCUT2D eigenvalue weighted by Crippen LogP contribution is -1.87. The molecule has 0 bridgehead atoms. The summed E-state index contributed by atoms with van der Waals surface area (Å²) in [5.41, 5.74) is 2.36. The molecule has 1 aromatic carbocycles. The highest BCUT2D eigenvalue weighted by Crippen LogP contribution is 2.07. The maximum atomic E-state index is 4.91. The molecular weight excluding hydrogens is 172 g/mol. The van der Waals surface area contributed by atoms with Crippen molar-refractivity contribution in [3.8, 4) is 0 Å². The molecule has 1 aromatic rings. The highest BCUT2D eigenvalue weighted by Gasteiger charge is 1.94. The van der Waals surface area contributed by atoms with Crippen LogP contribution in [-0.4, -0.2) is 4.20 Å². The second-order valence-electron chi connectivity index (χ2n) is 2.36. The lowest BCUT2D eigenvalue weighted by Gasteiger charge is -1.98. The number of hydrogen-bond acceptors (Lipinski definition) is 1. The molecule has 0 aliphatic rings. The molecular formula is C9H10S2. The first-order valence-electron chi connectivity index (χ1n) is 3.56. The van der Waals surface area contributed by atoms with Crippen molar-refractivity contribution in [2.45, 2.75) is 13.3 Å². The Morgan fingerprint density at radius 1 is 1.36 bits per heavy atom. The fraction of sp³-hybridized carbons (Fsp3) is 0.222. The molecule has 0 saturated heterocycles. The molecule has 58 valence electrons. The predicted octanol–water partition coefficient (Wildman–Crippen LogP) is 2.85. The van der Waals surface area contributed by atoms with Gasteiger partial charge < -0.3 is 0 Å². The summed E-state index contributed by atoms with van der Waals surface area (Å²) in [6, 6.07) is 8.18. The summed E-state index contributed by atoms with van der Waals surface area (Å²) in [6.45, 7) is 2.13. The van der Waals surface area contributed by atoms with Gasteiger partial charge in [-0.25, -0.2) is 0 Å². The van der Waals surface area contributed by atoms with E-state index in [0.29, 0.717) is 4.20 Å². The average molecular weight is 182 g/mol.